The normalized spacial score (nSPS) is 18.3. The first kappa shape index (κ1) is 15.4. The number of carboxylic acids is 1. The highest BCUT2D eigenvalue weighted by atomic mass is 16.4. The Hall–Kier alpha value is -1.95. The molecule has 1 fully saturated rings. The summed E-state index contributed by atoms with van der Waals surface area (Å²) in [6.07, 6.45) is 1.99. The second kappa shape index (κ2) is 6.22. The van der Waals surface area contributed by atoms with Gasteiger partial charge in [0.05, 0.1) is 11.3 Å². The first-order valence-electron chi connectivity index (χ1n) is 7.06. The molecule has 1 saturated heterocycles. The Bertz CT molecular complexity index is 557. The first-order valence-corrected chi connectivity index (χ1v) is 7.06. The Labute approximate surface area is 124 Å². The van der Waals surface area contributed by atoms with Gasteiger partial charge < -0.3 is 14.9 Å². The van der Waals surface area contributed by atoms with Crippen LogP contribution >= 0.6 is 0 Å². The van der Waals surface area contributed by atoms with E-state index in [-0.39, 0.29) is 17.5 Å². The van der Waals surface area contributed by atoms with Crippen LogP contribution < -0.4 is 0 Å². The molecule has 6 nitrogen and oxygen atoms in total. The molecule has 1 aliphatic heterocycles. The van der Waals surface area contributed by atoms with Crippen molar-refractivity contribution in [3.8, 4) is 0 Å². The number of hydrogen-bond acceptors (Lipinski definition) is 4. The fourth-order valence-corrected chi connectivity index (χ4v) is 2.77. The average molecular weight is 291 g/mol. The molecule has 6 heteroatoms. The molecule has 0 saturated carbocycles. The molecule has 1 aromatic heterocycles. The molecule has 0 aromatic carbocycles. The molecule has 0 bridgehead atoms. The number of pyridine rings is 1. The Morgan fingerprint density at radius 1 is 1.43 bits per heavy atom. The van der Waals surface area contributed by atoms with Crippen molar-refractivity contribution in [1.29, 1.82) is 0 Å². The third-order valence-electron chi connectivity index (χ3n) is 3.75. The number of nitrogens with zero attached hydrogens (tertiary/aromatic N) is 3. The maximum atomic E-state index is 12.6. The van der Waals surface area contributed by atoms with Crippen LogP contribution in [-0.4, -0.2) is 65.0 Å². The van der Waals surface area contributed by atoms with Crippen molar-refractivity contribution < 1.29 is 14.7 Å². The van der Waals surface area contributed by atoms with Crippen molar-refractivity contribution in [2.24, 2.45) is 0 Å². The number of amides is 1. The summed E-state index contributed by atoms with van der Waals surface area (Å²) in [6, 6.07) is 3.16. The van der Waals surface area contributed by atoms with E-state index in [0.29, 0.717) is 11.4 Å². The third-order valence-corrected chi connectivity index (χ3v) is 3.75. The lowest BCUT2D eigenvalue weighted by atomic mass is 10.1. The van der Waals surface area contributed by atoms with Gasteiger partial charge in [0.2, 0.25) is 0 Å². The van der Waals surface area contributed by atoms with Gasteiger partial charge in [0.1, 0.15) is 5.69 Å². The Morgan fingerprint density at radius 3 is 2.71 bits per heavy atom. The summed E-state index contributed by atoms with van der Waals surface area (Å²) >= 11 is 0. The minimum atomic E-state index is -1.02. The first-order chi connectivity index (χ1) is 9.90. The number of carboxylic acid groups (broad SMARTS) is 1. The van der Waals surface area contributed by atoms with Crippen LogP contribution in [0.2, 0.25) is 0 Å². The molecule has 2 heterocycles. The van der Waals surface area contributed by atoms with E-state index in [1.807, 2.05) is 19.0 Å². The van der Waals surface area contributed by atoms with Gasteiger partial charge >= 0.3 is 5.97 Å². The standard InChI is InChI=1S/C15H21N3O3/c1-10-12(15(20)21)6-7-13(16-10)14(19)18-8-4-5-11(18)9-17(2)3/h6-7,11H,4-5,8-9H2,1-3H3,(H,20,21). The van der Waals surface area contributed by atoms with Crippen molar-refractivity contribution in [1.82, 2.24) is 14.8 Å². The summed E-state index contributed by atoms with van der Waals surface area (Å²) in [5.74, 6) is -1.13. The lowest BCUT2D eigenvalue weighted by molar-refractivity contribution is 0.0685. The highest BCUT2D eigenvalue weighted by Gasteiger charge is 2.30. The second-order valence-corrected chi connectivity index (χ2v) is 5.69. The van der Waals surface area contributed by atoms with Crippen molar-refractivity contribution >= 4 is 11.9 Å². The summed E-state index contributed by atoms with van der Waals surface area (Å²) in [7, 11) is 3.98. The van der Waals surface area contributed by atoms with Gasteiger partial charge in [-0.05, 0) is 46.0 Å². The summed E-state index contributed by atoms with van der Waals surface area (Å²) in [6.45, 7) is 3.18. The van der Waals surface area contributed by atoms with Crippen molar-refractivity contribution in [3.05, 3.63) is 29.1 Å². The number of likely N-dealkylation sites (N-methyl/N-ethyl adjacent to an activating group) is 1. The smallest absolute Gasteiger partial charge is 0.337 e. The van der Waals surface area contributed by atoms with E-state index in [1.54, 1.807) is 6.92 Å². The number of carbonyl (C=O) groups is 2. The number of likely N-dealkylation sites (tertiary alicyclic amines) is 1. The lowest BCUT2D eigenvalue weighted by Crippen LogP contribution is -2.41. The monoisotopic (exact) mass is 291 g/mol. The van der Waals surface area contributed by atoms with Gasteiger partial charge in [0.15, 0.2) is 0 Å². The van der Waals surface area contributed by atoms with Crippen LogP contribution in [0.4, 0.5) is 0 Å². The van der Waals surface area contributed by atoms with Crippen molar-refractivity contribution in [2.75, 3.05) is 27.2 Å². The molecule has 2 rings (SSSR count). The fourth-order valence-electron chi connectivity index (χ4n) is 2.77. The zero-order chi connectivity index (χ0) is 15.6. The number of carbonyl (C=O) groups excluding carboxylic acids is 1. The molecule has 114 valence electrons. The molecule has 1 unspecified atom stereocenters. The molecule has 21 heavy (non-hydrogen) atoms. The summed E-state index contributed by atoms with van der Waals surface area (Å²) < 4.78 is 0. The Balaban J connectivity index is 2.19. The second-order valence-electron chi connectivity index (χ2n) is 5.69. The number of aromatic nitrogens is 1. The maximum absolute atomic E-state index is 12.6. The largest absolute Gasteiger partial charge is 0.478 e. The number of rotatable bonds is 4. The van der Waals surface area contributed by atoms with Crippen LogP contribution in [-0.2, 0) is 0 Å². The van der Waals surface area contributed by atoms with Gasteiger partial charge in [0.25, 0.3) is 5.91 Å². The zero-order valence-electron chi connectivity index (χ0n) is 12.7. The minimum absolute atomic E-state index is 0.112. The van der Waals surface area contributed by atoms with Gasteiger partial charge in [-0.2, -0.15) is 0 Å². The predicted molar refractivity (Wildman–Crippen MR) is 78.5 cm³/mol. The highest BCUT2D eigenvalue weighted by Crippen LogP contribution is 2.20. The van der Waals surface area contributed by atoms with Gasteiger partial charge in [0, 0.05) is 19.1 Å². The van der Waals surface area contributed by atoms with E-state index in [0.717, 1.165) is 25.9 Å². The predicted octanol–water partition coefficient (Wildman–Crippen LogP) is 1.25. The van der Waals surface area contributed by atoms with E-state index < -0.39 is 5.97 Å². The lowest BCUT2D eigenvalue weighted by Gasteiger charge is -2.27. The van der Waals surface area contributed by atoms with Crippen LogP contribution in [0.15, 0.2) is 12.1 Å². The van der Waals surface area contributed by atoms with Gasteiger partial charge in [-0.3, -0.25) is 4.79 Å². The maximum Gasteiger partial charge on any atom is 0.337 e. The van der Waals surface area contributed by atoms with Crippen LogP contribution in [0.25, 0.3) is 0 Å². The molecule has 1 aliphatic rings. The van der Waals surface area contributed by atoms with E-state index in [4.69, 9.17) is 5.11 Å². The van der Waals surface area contributed by atoms with Crippen LogP contribution in [0.3, 0.4) is 0 Å². The average Bonchev–Trinajstić information content (AvgIpc) is 2.84. The third kappa shape index (κ3) is 3.39. The highest BCUT2D eigenvalue weighted by molar-refractivity contribution is 5.94. The van der Waals surface area contributed by atoms with Crippen LogP contribution in [0.1, 0.15) is 39.4 Å². The van der Waals surface area contributed by atoms with Gasteiger partial charge in [-0.1, -0.05) is 0 Å². The Morgan fingerprint density at radius 2 is 2.14 bits per heavy atom. The molecule has 0 aliphatic carbocycles. The molecule has 1 N–H and O–H groups in total. The SMILES string of the molecule is Cc1nc(C(=O)N2CCCC2CN(C)C)ccc1C(=O)O. The van der Waals surface area contributed by atoms with E-state index >= 15 is 0 Å². The fraction of sp³-hybridized carbons (Fsp3) is 0.533. The van der Waals surface area contributed by atoms with E-state index in [9.17, 15) is 9.59 Å². The summed E-state index contributed by atoms with van der Waals surface area (Å²) in [5.41, 5.74) is 0.831. The van der Waals surface area contributed by atoms with Gasteiger partial charge in [-0.15, -0.1) is 0 Å². The molecule has 1 amide bonds. The van der Waals surface area contributed by atoms with Crippen molar-refractivity contribution in [2.45, 2.75) is 25.8 Å². The molecule has 1 aromatic rings. The van der Waals surface area contributed by atoms with Crippen LogP contribution in [0.5, 0.6) is 0 Å². The topological polar surface area (TPSA) is 73.7 Å². The minimum Gasteiger partial charge on any atom is -0.478 e. The zero-order valence-corrected chi connectivity index (χ0v) is 12.7. The quantitative estimate of drug-likeness (QED) is 0.904. The Kier molecular flexibility index (Phi) is 4.57. The summed E-state index contributed by atoms with van der Waals surface area (Å²) in [4.78, 5) is 31.6. The number of aromatic carboxylic acids is 1. The number of hydrogen-bond donors (Lipinski definition) is 1. The molecule has 0 spiro atoms. The molecular formula is C15H21N3O3. The van der Waals surface area contributed by atoms with Crippen LogP contribution in [0, 0.1) is 6.92 Å². The van der Waals surface area contributed by atoms with E-state index in [1.165, 1.54) is 12.1 Å². The number of aryl methyl sites for hydroxylation is 1. The molecule has 1 atom stereocenters. The molecule has 0 radical (unpaired) electrons. The van der Waals surface area contributed by atoms with Gasteiger partial charge in [-0.25, -0.2) is 9.78 Å². The molecular weight excluding hydrogens is 270 g/mol. The van der Waals surface area contributed by atoms with E-state index in [2.05, 4.69) is 9.88 Å². The van der Waals surface area contributed by atoms with Crippen molar-refractivity contribution in [3.63, 3.8) is 0 Å². The summed E-state index contributed by atoms with van der Waals surface area (Å²) in [5, 5.41) is 9.01.